The van der Waals surface area contributed by atoms with Crippen molar-refractivity contribution in [2.45, 2.75) is 44.0 Å². The molecule has 2 aliphatic rings. The molecule has 38 heavy (non-hydrogen) atoms. The molecule has 0 saturated carbocycles. The number of cyclic esters (lactones) is 1. The molecule has 5 N–H and O–H groups in total. The van der Waals surface area contributed by atoms with Gasteiger partial charge in [0.2, 0.25) is 0 Å². The molecule has 0 aliphatic carbocycles. The lowest BCUT2D eigenvalue weighted by molar-refractivity contribution is -0.0180. The van der Waals surface area contributed by atoms with Crippen LogP contribution in [0.1, 0.15) is 36.9 Å². The standard InChI is InChI=1S/C24H24ClF3N6O3S/c1-23(2,36)24(11-37-22(35)34-24)10-16-17(15(29)5-6-31-21(27)28)18(13-4-3-12(26)9-14(13)25)33-19(32-16)20-30-7-8-38-20/h3-9,18,21,29,31,36H,10-11H2,1-2H3,(H,32,33)(H,34,35)/b6-5-,29-15?/t18-,24-/m0/s1. The number of aliphatic imine (C=N–C) groups is 1. The molecule has 202 valence electrons. The fourth-order valence-corrected chi connectivity index (χ4v) is 5.00. The molecule has 0 spiro atoms. The van der Waals surface area contributed by atoms with E-state index in [2.05, 4.69) is 15.6 Å². The Morgan fingerprint density at radius 2 is 2.24 bits per heavy atom. The number of amidine groups is 1. The van der Waals surface area contributed by atoms with Crippen LogP contribution in [0, 0.1) is 11.2 Å². The van der Waals surface area contributed by atoms with Crippen molar-refractivity contribution in [3.63, 3.8) is 0 Å². The third kappa shape index (κ3) is 5.69. The van der Waals surface area contributed by atoms with Crippen molar-refractivity contribution in [1.82, 2.24) is 20.9 Å². The van der Waals surface area contributed by atoms with Gasteiger partial charge in [-0.05, 0) is 32.1 Å². The number of hydrogen-bond donors (Lipinski definition) is 5. The number of carbonyl (C=O) groups is 1. The molecule has 2 aromatic rings. The summed E-state index contributed by atoms with van der Waals surface area (Å²) in [5.74, 6) is -0.270. The Morgan fingerprint density at radius 1 is 1.47 bits per heavy atom. The number of aromatic nitrogens is 1. The number of hydrogen-bond acceptors (Lipinski definition) is 9. The average Bonchev–Trinajstić information content (AvgIpc) is 3.49. The second-order valence-electron chi connectivity index (χ2n) is 9.13. The van der Waals surface area contributed by atoms with E-state index in [1.807, 2.05) is 5.32 Å². The van der Waals surface area contributed by atoms with Crippen LogP contribution >= 0.6 is 22.9 Å². The number of alkyl carbamates (subject to hydrolysis) is 1. The summed E-state index contributed by atoms with van der Waals surface area (Å²) < 4.78 is 44.5. The number of thiazole rings is 1. The summed E-state index contributed by atoms with van der Waals surface area (Å²) in [7, 11) is 0. The van der Waals surface area contributed by atoms with E-state index in [0.717, 1.165) is 18.3 Å². The Kier molecular flexibility index (Phi) is 7.81. The number of aliphatic hydroxyl groups is 1. The van der Waals surface area contributed by atoms with E-state index in [1.165, 1.54) is 37.3 Å². The molecule has 3 heterocycles. The first-order valence-corrected chi connectivity index (χ1v) is 12.6. The van der Waals surface area contributed by atoms with Crippen molar-refractivity contribution in [2.75, 3.05) is 6.61 Å². The number of amides is 1. The molecule has 4 rings (SSSR count). The zero-order chi connectivity index (χ0) is 27.7. The summed E-state index contributed by atoms with van der Waals surface area (Å²) in [6.45, 7) is -0.0201. The van der Waals surface area contributed by atoms with Gasteiger partial charge in [0.1, 0.15) is 24.0 Å². The number of ether oxygens (including phenoxy) is 1. The lowest BCUT2D eigenvalue weighted by Crippen LogP contribution is -2.60. The summed E-state index contributed by atoms with van der Waals surface area (Å²) in [6.07, 6.45) is 2.82. The summed E-state index contributed by atoms with van der Waals surface area (Å²) >= 11 is 7.69. The Morgan fingerprint density at radius 3 is 2.82 bits per heavy atom. The van der Waals surface area contributed by atoms with Crippen molar-refractivity contribution in [3.05, 3.63) is 74.7 Å². The summed E-state index contributed by atoms with van der Waals surface area (Å²) in [6, 6.07) is 2.74. The zero-order valence-corrected chi connectivity index (χ0v) is 21.8. The second kappa shape index (κ2) is 10.8. The van der Waals surface area contributed by atoms with Gasteiger partial charge in [-0.1, -0.05) is 17.7 Å². The van der Waals surface area contributed by atoms with Crippen LogP contribution in [0.3, 0.4) is 0 Å². The van der Waals surface area contributed by atoms with Gasteiger partial charge in [-0.25, -0.2) is 14.2 Å². The van der Waals surface area contributed by atoms with Crippen LogP contribution in [0.2, 0.25) is 5.02 Å². The minimum Gasteiger partial charge on any atom is -0.447 e. The minimum absolute atomic E-state index is 0.0353. The SMILES string of the molecule is CC(C)(O)[C@]1(CC2=C(C(=N)/C=C\NC(F)F)[C@H](c3ccc(F)cc3Cl)N=C(c3nccs3)N2)COC(=O)N1. The van der Waals surface area contributed by atoms with E-state index in [4.69, 9.17) is 26.7 Å². The van der Waals surface area contributed by atoms with Crippen molar-refractivity contribution in [3.8, 4) is 0 Å². The maximum Gasteiger partial charge on any atom is 0.407 e. The first kappa shape index (κ1) is 27.6. The Hall–Kier alpha value is -3.42. The number of alkyl halides is 2. The van der Waals surface area contributed by atoms with E-state index in [1.54, 1.807) is 11.6 Å². The largest absolute Gasteiger partial charge is 0.447 e. The van der Waals surface area contributed by atoms with Gasteiger partial charge in [-0.2, -0.15) is 8.78 Å². The highest BCUT2D eigenvalue weighted by Crippen LogP contribution is 2.40. The lowest BCUT2D eigenvalue weighted by atomic mass is 9.77. The topological polar surface area (TPSA) is 132 Å². The molecule has 0 radical (unpaired) electrons. The van der Waals surface area contributed by atoms with Gasteiger partial charge in [-0.3, -0.25) is 4.99 Å². The lowest BCUT2D eigenvalue weighted by Gasteiger charge is -2.40. The van der Waals surface area contributed by atoms with Crippen molar-refractivity contribution < 1.29 is 27.8 Å². The molecular formula is C24H24ClF3N6O3S. The smallest absolute Gasteiger partial charge is 0.407 e. The van der Waals surface area contributed by atoms with Crippen molar-refractivity contribution in [1.29, 1.82) is 5.41 Å². The van der Waals surface area contributed by atoms with Gasteiger partial charge < -0.3 is 31.2 Å². The van der Waals surface area contributed by atoms with Gasteiger partial charge in [0, 0.05) is 46.1 Å². The molecular weight excluding hydrogens is 545 g/mol. The van der Waals surface area contributed by atoms with Crippen LogP contribution in [0.15, 0.2) is 58.3 Å². The normalized spacial score (nSPS) is 21.8. The van der Waals surface area contributed by atoms with Gasteiger partial charge in [-0.15, -0.1) is 11.3 Å². The van der Waals surface area contributed by atoms with Gasteiger partial charge in [0.15, 0.2) is 10.8 Å². The maximum atomic E-state index is 13.9. The van der Waals surface area contributed by atoms with E-state index >= 15 is 0 Å². The number of nitrogens with zero attached hydrogens (tertiary/aromatic N) is 2. The molecule has 1 aromatic heterocycles. The summed E-state index contributed by atoms with van der Waals surface area (Å²) in [5.41, 5.74) is -2.16. The molecule has 1 fully saturated rings. The van der Waals surface area contributed by atoms with E-state index in [9.17, 15) is 23.1 Å². The quantitative estimate of drug-likeness (QED) is 0.227. The van der Waals surface area contributed by atoms with Crippen LogP contribution in [0.5, 0.6) is 0 Å². The fraction of sp³-hybridized carbons (Fsp3) is 0.333. The minimum atomic E-state index is -2.85. The molecule has 9 nitrogen and oxygen atoms in total. The van der Waals surface area contributed by atoms with E-state index < -0.39 is 35.6 Å². The molecule has 1 amide bonds. The highest BCUT2D eigenvalue weighted by atomic mass is 35.5. The number of carbonyl (C=O) groups excluding carboxylic acids is 1. The maximum absolute atomic E-state index is 13.9. The molecule has 0 bridgehead atoms. The van der Waals surface area contributed by atoms with Crippen molar-refractivity contribution >= 4 is 40.6 Å². The first-order valence-electron chi connectivity index (χ1n) is 11.3. The monoisotopic (exact) mass is 568 g/mol. The second-order valence-corrected chi connectivity index (χ2v) is 10.4. The highest BCUT2D eigenvalue weighted by Gasteiger charge is 2.52. The van der Waals surface area contributed by atoms with Crippen LogP contribution in [-0.2, 0) is 4.74 Å². The molecule has 1 aromatic carbocycles. The van der Waals surface area contributed by atoms with Crippen molar-refractivity contribution in [2.24, 2.45) is 4.99 Å². The number of allylic oxidation sites excluding steroid dienone is 1. The molecule has 1 saturated heterocycles. The zero-order valence-electron chi connectivity index (χ0n) is 20.2. The predicted molar refractivity (Wildman–Crippen MR) is 137 cm³/mol. The van der Waals surface area contributed by atoms with E-state index in [0.29, 0.717) is 22.1 Å². The predicted octanol–water partition coefficient (Wildman–Crippen LogP) is 4.27. The number of rotatable bonds is 9. The Balaban J connectivity index is 1.91. The summed E-state index contributed by atoms with van der Waals surface area (Å²) in [5, 5.41) is 29.7. The number of benzene rings is 1. The molecule has 0 unspecified atom stereocenters. The van der Waals surface area contributed by atoms with Crippen LogP contribution in [0.4, 0.5) is 18.0 Å². The van der Waals surface area contributed by atoms with Gasteiger partial charge >= 0.3 is 12.6 Å². The molecule has 2 atom stereocenters. The summed E-state index contributed by atoms with van der Waals surface area (Å²) in [4.78, 5) is 21.1. The first-order chi connectivity index (χ1) is 17.9. The van der Waals surface area contributed by atoms with Crippen LogP contribution < -0.4 is 16.0 Å². The Labute approximate surface area is 225 Å². The third-order valence-electron chi connectivity index (χ3n) is 6.22. The van der Waals surface area contributed by atoms with E-state index in [-0.39, 0.29) is 29.3 Å². The molecule has 2 aliphatic heterocycles. The Bertz CT molecular complexity index is 1330. The van der Waals surface area contributed by atoms with Crippen LogP contribution in [0.25, 0.3) is 0 Å². The van der Waals surface area contributed by atoms with Gasteiger partial charge in [0.05, 0.1) is 11.3 Å². The van der Waals surface area contributed by atoms with Crippen LogP contribution in [-0.4, -0.2) is 52.0 Å². The number of nitrogens with one attached hydrogen (secondary N) is 4. The molecule has 14 heteroatoms. The average molecular weight is 569 g/mol. The number of halogens is 4. The van der Waals surface area contributed by atoms with Gasteiger partial charge in [0.25, 0.3) is 0 Å². The third-order valence-corrected chi connectivity index (χ3v) is 7.33. The fourth-order valence-electron chi connectivity index (χ4n) is 4.14. The highest BCUT2D eigenvalue weighted by molar-refractivity contribution is 7.11.